The number of nitrogens with one attached hydrogen (secondary N) is 1. The number of amides is 1. The van der Waals surface area contributed by atoms with E-state index in [1.807, 2.05) is 18.0 Å². The van der Waals surface area contributed by atoms with Gasteiger partial charge in [-0.3, -0.25) is 4.79 Å². The quantitative estimate of drug-likeness (QED) is 0.310. The summed E-state index contributed by atoms with van der Waals surface area (Å²) in [6.07, 6.45) is 5.64. The molecule has 0 aliphatic rings. The Morgan fingerprint density at radius 3 is 2.47 bits per heavy atom. The van der Waals surface area contributed by atoms with E-state index in [4.69, 9.17) is 0 Å². The van der Waals surface area contributed by atoms with Gasteiger partial charge in [-0.1, -0.05) is 12.2 Å². The van der Waals surface area contributed by atoms with E-state index in [0.29, 0.717) is 6.54 Å². The third-order valence-corrected chi connectivity index (χ3v) is 2.53. The Morgan fingerprint density at radius 2 is 1.95 bits per heavy atom. The van der Waals surface area contributed by atoms with Crippen LogP contribution in [0.1, 0.15) is 12.8 Å². The van der Waals surface area contributed by atoms with Crippen LogP contribution in [0.5, 0.6) is 0 Å². The highest BCUT2D eigenvalue weighted by molar-refractivity contribution is 5.84. The second kappa shape index (κ2) is 10.2. The van der Waals surface area contributed by atoms with Crippen LogP contribution in [0.2, 0.25) is 0 Å². The van der Waals surface area contributed by atoms with E-state index in [-0.39, 0.29) is 12.5 Å². The molecule has 0 aromatic rings. The highest BCUT2D eigenvalue weighted by Crippen LogP contribution is 1.95. The first-order chi connectivity index (χ1) is 9.02. The first-order valence-electron chi connectivity index (χ1n) is 6.44. The zero-order valence-electron chi connectivity index (χ0n) is 12.4. The predicted molar refractivity (Wildman–Crippen MR) is 81.3 cm³/mol. The Balaban J connectivity index is 4.49. The minimum absolute atomic E-state index is 0.0163. The first-order valence-corrected chi connectivity index (χ1v) is 6.44. The molecule has 0 spiro atoms. The lowest BCUT2D eigenvalue weighted by Crippen LogP contribution is -2.40. The van der Waals surface area contributed by atoms with Gasteiger partial charge in [0.25, 0.3) is 0 Å². The van der Waals surface area contributed by atoms with Crippen LogP contribution in [0, 0.1) is 0 Å². The molecule has 108 valence electrons. The number of carbonyl (C=O) groups excluding carboxylic acids is 1. The minimum Gasteiger partial charge on any atom is -0.353 e. The molecule has 0 saturated carbocycles. The van der Waals surface area contributed by atoms with Crippen LogP contribution < -0.4 is 5.32 Å². The molecule has 0 bridgehead atoms. The molecule has 0 aliphatic carbocycles. The molecule has 1 amide bonds. The maximum absolute atomic E-state index is 11.5. The van der Waals surface area contributed by atoms with E-state index in [1.54, 1.807) is 20.2 Å². The van der Waals surface area contributed by atoms with Crippen LogP contribution in [-0.2, 0) is 4.79 Å². The third kappa shape index (κ3) is 8.02. The first kappa shape index (κ1) is 17.2. The number of rotatable bonds is 8. The number of nitrogens with zero attached hydrogens (tertiary/aromatic N) is 3. The number of guanidine groups is 1. The van der Waals surface area contributed by atoms with E-state index in [9.17, 15) is 4.79 Å². The molecule has 0 aliphatic heterocycles. The summed E-state index contributed by atoms with van der Waals surface area (Å²) in [6.45, 7) is 9.01. The van der Waals surface area contributed by atoms with Crippen molar-refractivity contribution in [3.05, 3.63) is 25.3 Å². The van der Waals surface area contributed by atoms with Crippen molar-refractivity contribution in [1.29, 1.82) is 0 Å². The summed E-state index contributed by atoms with van der Waals surface area (Å²) < 4.78 is 0. The van der Waals surface area contributed by atoms with Gasteiger partial charge < -0.3 is 15.1 Å². The summed E-state index contributed by atoms with van der Waals surface area (Å²) in [5.74, 6) is 0.705. The van der Waals surface area contributed by atoms with Crippen LogP contribution in [0.15, 0.2) is 30.3 Å². The third-order valence-electron chi connectivity index (χ3n) is 2.53. The fraction of sp³-hybridized carbons (Fsp3) is 0.571. The molecule has 0 heterocycles. The minimum atomic E-state index is -0.0163. The molecule has 0 saturated heterocycles. The predicted octanol–water partition coefficient (Wildman–Crippen LogP) is 1.10. The maximum atomic E-state index is 11.5. The van der Waals surface area contributed by atoms with Crippen molar-refractivity contribution in [1.82, 2.24) is 15.1 Å². The Morgan fingerprint density at radius 1 is 1.26 bits per heavy atom. The van der Waals surface area contributed by atoms with Crippen molar-refractivity contribution >= 4 is 11.9 Å². The molecule has 0 aromatic carbocycles. The van der Waals surface area contributed by atoms with Crippen LogP contribution >= 0.6 is 0 Å². The molecule has 5 heteroatoms. The fourth-order valence-corrected chi connectivity index (χ4v) is 1.34. The van der Waals surface area contributed by atoms with Gasteiger partial charge >= 0.3 is 0 Å². The van der Waals surface area contributed by atoms with E-state index >= 15 is 0 Å². The Bertz CT molecular complexity index is 323. The second-order valence-corrected chi connectivity index (χ2v) is 4.45. The Kier molecular flexibility index (Phi) is 9.22. The highest BCUT2D eigenvalue weighted by Gasteiger charge is 2.07. The normalized spacial score (nSPS) is 10.8. The lowest BCUT2D eigenvalue weighted by molar-refractivity contribution is -0.127. The molecule has 0 fully saturated rings. The number of allylic oxidation sites excluding steroid dienone is 1. The summed E-state index contributed by atoms with van der Waals surface area (Å²) in [5.41, 5.74) is 0. The smallest absolute Gasteiger partial charge is 0.243 e. The average Bonchev–Trinajstić information content (AvgIpc) is 2.38. The van der Waals surface area contributed by atoms with Crippen molar-refractivity contribution in [2.45, 2.75) is 12.8 Å². The standard InChI is InChI=1S/C14H26N4O/c1-6-8-9-11-18(5)14(15-10-7-2)16-12-13(19)17(3)4/h6-7H,1-2,8-12H2,3-5H3,(H,15,16). The molecule has 0 aromatic heterocycles. The zero-order chi connectivity index (χ0) is 14.7. The van der Waals surface area contributed by atoms with Crippen molar-refractivity contribution in [2.75, 3.05) is 40.8 Å². The number of unbranched alkanes of at least 4 members (excludes halogenated alkanes) is 1. The summed E-state index contributed by atoms with van der Waals surface area (Å²) in [7, 11) is 5.41. The molecule has 5 nitrogen and oxygen atoms in total. The van der Waals surface area contributed by atoms with Crippen LogP contribution in [0.4, 0.5) is 0 Å². The van der Waals surface area contributed by atoms with Gasteiger partial charge in [0.05, 0.1) is 0 Å². The van der Waals surface area contributed by atoms with E-state index in [1.165, 1.54) is 4.90 Å². The van der Waals surface area contributed by atoms with Crippen molar-refractivity contribution < 1.29 is 4.79 Å². The van der Waals surface area contributed by atoms with Gasteiger partial charge in [-0.25, -0.2) is 4.99 Å². The topological polar surface area (TPSA) is 47.9 Å². The van der Waals surface area contributed by atoms with Crippen molar-refractivity contribution in [2.24, 2.45) is 4.99 Å². The SMILES string of the molecule is C=CCCCN(C)C(=NCC(=O)N(C)C)NCC=C. The van der Waals surface area contributed by atoms with Gasteiger partial charge in [-0.05, 0) is 12.8 Å². The Hall–Kier alpha value is -1.78. The van der Waals surface area contributed by atoms with Crippen molar-refractivity contribution in [3.8, 4) is 0 Å². The number of carbonyl (C=O) groups is 1. The molecule has 0 atom stereocenters. The summed E-state index contributed by atoms with van der Waals surface area (Å²) in [4.78, 5) is 19.4. The lowest BCUT2D eigenvalue weighted by atomic mass is 10.3. The lowest BCUT2D eigenvalue weighted by Gasteiger charge is -2.22. The van der Waals surface area contributed by atoms with Gasteiger partial charge in [0.2, 0.25) is 5.91 Å². The van der Waals surface area contributed by atoms with E-state index in [2.05, 4.69) is 23.5 Å². The number of likely N-dealkylation sites (N-methyl/N-ethyl adjacent to an activating group) is 1. The molecule has 19 heavy (non-hydrogen) atoms. The van der Waals surface area contributed by atoms with Crippen LogP contribution in [0.25, 0.3) is 0 Å². The monoisotopic (exact) mass is 266 g/mol. The largest absolute Gasteiger partial charge is 0.353 e. The molecular weight excluding hydrogens is 240 g/mol. The highest BCUT2D eigenvalue weighted by atomic mass is 16.2. The van der Waals surface area contributed by atoms with Gasteiger partial charge in [-0.15, -0.1) is 13.2 Å². The fourth-order valence-electron chi connectivity index (χ4n) is 1.34. The van der Waals surface area contributed by atoms with E-state index in [0.717, 1.165) is 25.3 Å². The molecule has 1 N–H and O–H groups in total. The maximum Gasteiger partial charge on any atom is 0.243 e. The molecule has 0 rings (SSSR count). The zero-order valence-corrected chi connectivity index (χ0v) is 12.4. The van der Waals surface area contributed by atoms with Gasteiger partial charge in [0.1, 0.15) is 6.54 Å². The van der Waals surface area contributed by atoms with Crippen LogP contribution in [0.3, 0.4) is 0 Å². The van der Waals surface area contributed by atoms with Crippen LogP contribution in [-0.4, -0.2) is 62.4 Å². The van der Waals surface area contributed by atoms with Crippen molar-refractivity contribution in [3.63, 3.8) is 0 Å². The average molecular weight is 266 g/mol. The number of hydrogen-bond donors (Lipinski definition) is 1. The summed E-state index contributed by atoms with van der Waals surface area (Å²) in [5, 5.41) is 3.15. The van der Waals surface area contributed by atoms with Gasteiger partial charge in [0, 0.05) is 34.2 Å². The summed E-state index contributed by atoms with van der Waals surface area (Å²) in [6, 6.07) is 0. The molecular formula is C14H26N4O. The number of hydrogen-bond acceptors (Lipinski definition) is 2. The molecule has 0 unspecified atom stereocenters. The van der Waals surface area contributed by atoms with Gasteiger partial charge in [0.15, 0.2) is 5.96 Å². The van der Waals surface area contributed by atoms with E-state index < -0.39 is 0 Å². The molecule has 0 radical (unpaired) electrons. The summed E-state index contributed by atoms with van der Waals surface area (Å²) >= 11 is 0. The Labute approximate surface area is 116 Å². The number of aliphatic imine (C=N–C) groups is 1. The second-order valence-electron chi connectivity index (χ2n) is 4.45. The van der Waals surface area contributed by atoms with Gasteiger partial charge in [-0.2, -0.15) is 0 Å².